The molecule has 5 heteroatoms. The number of nitrogens with zero attached hydrogens (tertiary/aromatic N) is 1. The van der Waals surface area contributed by atoms with Crippen molar-refractivity contribution in [3.8, 4) is 11.5 Å². The molecule has 5 nitrogen and oxygen atoms in total. The molecule has 2 bridgehead atoms. The molecule has 1 fully saturated rings. The van der Waals surface area contributed by atoms with Crippen LogP contribution in [0.2, 0.25) is 0 Å². The lowest BCUT2D eigenvalue weighted by molar-refractivity contribution is -0.122. The summed E-state index contributed by atoms with van der Waals surface area (Å²) in [7, 11) is 0. The number of fused-ring (bicyclic) bond motifs is 1. The molecule has 30 heavy (non-hydrogen) atoms. The van der Waals surface area contributed by atoms with E-state index in [1.165, 1.54) is 27.2 Å². The number of anilines is 1. The van der Waals surface area contributed by atoms with E-state index in [0.29, 0.717) is 17.2 Å². The van der Waals surface area contributed by atoms with Crippen molar-refractivity contribution in [3.05, 3.63) is 89.0 Å². The Morgan fingerprint density at radius 2 is 1.17 bits per heavy atom. The lowest BCUT2D eigenvalue weighted by Gasteiger charge is -2.45. The molecule has 0 N–H and O–H groups in total. The number of hydrogen-bond donors (Lipinski definition) is 0. The highest BCUT2D eigenvalue weighted by Gasteiger charge is 2.61. The van der Waals surface area contributed by atoms with E-state index >= 15 is 0 Å². The van der Waals surface area contributed by atoms with Crippen LogP contribution in [0.5, 0.6) is 11.5 Å². The number of hydrogen-bond acceptors (Lipinski definition) is 4. The van der Waals surface area contributed by atoms with Gasteiger partial charge in [0.05, 0.1) is 17.5 Å². The fraction of sp³-hybridized carbons (Fsp3) is 0.200. The van der Waals surface area contributed by atoms with Crippen molar-refractivity contribution < 1.29 is 19.1 Å². The van der Waals surface area contributed by atoms with Crippen LogP contribution in [0.25, 0.3) is 0 Å². The van der Waals surface area contributed by atoms with Crippen LogP contribution < -0.4 is 14.4 Å². The molecule has 0 radical (unpaired) electrons. The maximum Gasteiger partial charge on any atom is 0.238 e. The summed E-state index contributed by atoms with van der Waals surface area (Å²) in [5, 5.41) is 0. The van der Waals surface area contributed by atoms with E-state index < -0.39 is 0 Å². The zero-order valence-electron chi connectivity index (χ0n) is 15.9. The number of rotatable bonds is 1. The molecule has 3 aromatic rings. The summed E-state index contributed by atoms with van der Waals surface area (Å²) in [6.07, 6.45) is 0. The van der Waals surface area contributed by atoms with Crippen molar-refractivity contribution >= 4 is 17.5 Å². The summed E-state index contributed by atoms with van der Waals surface area (Å²) in [6, 6.07) is 21.8. The Kier molecular flexibility index (Phi) is 2.98. The van der Waals surface area contributed by atoms with Crippen molar-refractivity contribution in [2.75, 3.05) is 11.7 Å². The quantitative estimate of drug-likeness (QED) is 0.588. The van der Waals surface area contributed by atoms with Gasteiger partial charge in [0.15, 0.2) is 11.5 Å². The van der Waals surface area contributed by atoms with Gasteiger partial charge in [-0.3, -0.25) is 9.59 Å². The Morgan fingerprint density at radius 3 is 1.70 bits per heavy atom. The van der Waals surface area contributed by atoms with Crippen LogP contribution >= 0.6 is 0 Å². The molecule has 1 saturated heterocycles. The number of carbonyl (C=O) groups is 2. The first-order valence-electron chi connectivity index (χ1n) is 10.2. The minimum Gasteiger partial charge on any atom is -0.454 e. The average molecular weight is 395 g/mol. The number of amides is 2. The van der Waals surface area contributed by atoms with E-state index in [0.717, 1.165) is 0 Å². The van der Waals surface area contributed by atoms with E-state index in [9.17, 15) is 9.59 Å². The second kappa shape index (κ2) is 5.51. The van der Waals surface area contributed by atoms with Gasteiger partial charge in [-0.05, 0) is 34.4 Å². The number of carbonyl (C=O) groups excluding carboxylic acids is 2. The van der Waals surface area contributed by atoms with Crippen molar-refractivity contribution in [1.29, 1.82) is 0 Å². The summed E-state index contributed by atoms with van der Waals surface area (Å²) >= 11 is 0. The highest BCUT2D eigenvalue weighted by atomic mass is 16.7. The van der Waals surface area contributed by atoms with E-state index in [-0.39, 0.29) is 42.3 Å². The molecule has 2 aliphatic heterocycles. The van der Waals surface area contributed by atoms with Gasteiger partial charge >= 0.3 is 0 Å². The Morgan fingerprint density at radius 1 is 0.667 bits per heavy atom. The maximum absolute atomic E-state index is 13.7. The SMILES string of the molecule is O=C1[C@@H]2C3c4ccccc4C(c4ccccc43)[C@H]2C(=O)N1c1ccc2c(c1)OCO2. The summed E-state index contributed by atoms with van der Waals surface area (Å²) < 4.78 is 10.9. The summed E-state index contributed by atoms with van der Waals surface area (Å²) in [5.41, 5.74) is 5.26. The minimum atomic E-state index is -0.377. The Bertz CT molecular complexity index is 1150. The van der Waals surface area contributed by atoms with Gasteiger partial charge in [-0.15, -0.1) is 0 Å². The highest BCUT2D eigenvalue weighted by molar-refractivity contribution is 6.23. The molecule has 2 atom stereocenters. The Labute approximate surface area is 172 Å². The number of ether oxygens (including phenoxy) is 2. The first-order chi connectivity index (χ1) is 14.7. The van der Waals surface area contributed by atoms with Gasteiger partial charge in [-0.1, -0.05) is 48.5 Å². The van der Waals surface area contributed by atoms with Crippen LogP contribution in [0.3, 0.4) is 0 Å². The smallest absolute Gasteiger partial charge is 0.238 e. The van der Waals surface area contributed by atoms with Gasteiger partial charge in [0.2, 0.25) is 18.6 Å². The van der Waals surface area contributed by atoms with Gasteiger partial charge < -0.3 is 9.47 Å². The second-order valence-corrected chi connectivity index (χ2v) is 8.31. The van der Waals surface area contributed by atoms with Crippen molar-refractivity contribution in [3.63, 3.8) is 0 Å². The summed E-state index contributed by atoms with van der Waals surface area (Å²) in [4.78, 5) is 28.8. The first kappa shape index (κ1) is 16.2. The van der Waals surface area contributed by atoms with Crippen LogP contribution in [0.4, 0.5) is 5.69 Å². The molecule has 0 saturated carbocycles. The zero-order chi connectivity index (χ0) is 20.0. The molecule has 3 aromatic carbocycles. The fourth-order valence-electron chi connectivity index (χ4n) is 5.96. The van der Waals surface area contributed by atoms with Crippen LogP contribution in [-0.4, -0.2) is 18.6 Å². The maximum atomic E-state index is 13.7. The summed E-state index contributed by atoms with van der Waals surface area (Å²) in [6.45, 7) is 0.153. The molecule has 146 valence electrons. The Hall–Kier alpha value is -3.60. The van der Waals surface area contributed by atoms with E-state index in [2.05, 4.69) is 24.3 Å². The minimum absolute atomic E-state index is 0.0946. The lowest BCUT2D eigenvalue weighted by atomic mass is 9.55. The molecular formula is C25H17NO4. The molecule has 3 aliphatic carbocycles. The van der Waals surface area contributed by atoms with Gasteiger partial charge in [0, 0.05) is 17.9 Å². The number of imide groups is 1. The first-order valence-corrected chi connectivity index (χ1v) is 10.2. The highest BCUT2D eigenvalue weighted by Crippen LogP contribution is 2.61. The molecule has 0 unspecified atom stereocenters. The molecule has 0 spiro atoms. The largest absolute Gasteiger partial charge is 0.454 e. The van der Waals surface area contributed by atoms with E-state index in [4.69, 9.17) is 9.47 Å². The van der Waals surface area contributed by atoms with E-state index in [1.807, 2.05) is 24.3 Å². The standard InChI is InChI=1S/C25H17NO4/c27-24-22-20-14-5-1-2-6-15(14)21(17-8-4-3-7-16(17)20)23(22)25(28)26(24)13-9-10-18-19(11-13)30-12-29-18/h1-11,20-23H,12H2/t20?,21?,22-,23-/m1/s1. The van der Waals surface area contributed by atoms with Crippen molar-refractivity contribution in [2.45, 2.75) is 11.8 Å². The molecule has 2 amide bonds. The van der Waals surface area contributed by atoms with Gasteiger partial charge in [0.25, 0.3) is 0 Å². The third kappa shape index (κ3) is 1.83. The molecule has 5 aliphatic rings. The lowest BCUT2D eigenvalue weighted by Crippen LogP contribution is -2.41. The average Bonchev–Trinajstić information content (AvgIpc) is 3.36. The van der Waals surface area contributed by atoms with Gasteiger partial charge in [0.1, 0.15) is 0 Å². The van der Waals surface area contributed by atoms with Crippen LogP contribution in [0.15, 0.2) is 66.7 Å². The Balaban J connectivity index is 1.41. The van der Waals surface area contributed by atoms with Gasteiger partial charge in [-0.25, -0.2) is 4.90 Å². The van der Waals surface area contributed by atoms with Crippen LogP contribution in [-0.2, 0) is 9.59 Å². The molecule has 0 aromatic heterocycles. The van der Waals surface area contributed by atoms with Gasteiger partial charge in [-0.2, -0.15) is 0 Å². The van der Waals surface area contributed by atoms with E-state index in [1.54, 1.807) is 18.2 Å². The third-order valence-electron chi connectivity index (χ3n) is 7.06. The second-order valence-electron chi connectivity index (χ2n) is 8.31. The topological polar surface area (TPSA) is 55.8 Å². The molecule has 2 heterocycles. The third-order valence-corrected chi connectivity index (χ3v) is 7.06. The predicted octanol–water partition coefficient (Wildman–Crippen LogP) is 3.81. The summed E-state index contributed by atoms with van der Waals surface area (Å²) in [5.74, 6) is 0.0135. The monoisotopic (exact) mass is 395 g/mol. The predicted molar refractivity (Wildman–Crippen MR) is 109 cm³/mol. The van der Waals surface area contributed by atoms with Crippen LogP contribution in [0.1, 0.15) is 34.1 Å². The normalized spacial score (nSPS) is 27.1. The fourth-order valence-corrected chi connectivity index (χ4v) is 5.96. The zero-order valence-corrected chi connectivity index (χ0v) is 15.9. The van der Waals surface area contributed by atoms with Crippen molar-refractivity contribution in [1.82, 2.24) is 0 Å². The van der Waals surface area contributed by atoms with Crippen molar-refractivity contribution in [2.24, 2.45) is 11.8 Å². The van der Waals surface area contributed by atoms with Crippen LogP contribution in [0, 0.1) is 11.8 Å². The molecule has 8 rings (SSSR count). The number of benzene rings is 3. The molecular weight excluding hydrogens is 378 g/mol.